The summed E-state index contributed by atoms with van der Waals surface area (Å²) < 4.78 is 8.09. The topological polar surface area (TPSA) is 60.4 Å². The van der Waals surface area contributed by atoms with Gasteiger partial charge < -0.3 is 4.42 Å². The number of hydrogen-bond donors (Lipinski definition) is 0. The van der Waals surface area contributed by atoms with Crippen molar-refractivity contribution in [1.82, 2.24) is 9.66 Å². The molecule has 2 aromatic carbocycles. The fourth-order valence-corrected chi connectivity index (χ4v) is 3.77. The van der Waals surface area contributed by atoms with Gasteiger partial charge in [0.05, 0.1) is 17.1 Å². The standard InChI is InChI=1S/C23H19BrClN3O2/c1-3-4-22-27-20-9-6-15(24)11-19(20)23(29)28(22)26-13-17-8-10-21(30-17)18-12-16(25)7-5-14(18)2/h5-13H,3-4H2,1-2H3. The Morgan fingerprint density at radius 2 is 2.03 bits per heavy atom. The number of aryl methyl sites for hydroxylation is 2. The van der Waals surface area contributed by atoms with E-state index in [-0.39, 0.29) is 5.56 Å². The van der Waals surface area contributed by atoms with Crippen LogP contribution in [0.3, 0.4) is 0 Å². The van der Waals surface area contributed by atoms with Crippen molar-refractivity contribution in [3.05, 3.63) is 85.5 Å². The van der Waals surface area contributed by atoms with Gasteiger partial charge in [-0.1, -0.05) is 40.5 Å². The minimum Gasteiger partial charge on any atom is -0.455 e. The van der Waals surface area contributed by atoms with Crippen LogP contribution in [0.4, 0.5) is 0 Å². The second kappa shape index (κ2) is 8.58. The van der Waals surface area contributed by atoms with Crippen LogP contribution in [0, 0.1) is 6.92 Å². The highest BCUT2D eigenvalue weighted by atomic mass is 79.9. The number of nitrogens with zero attached hydrogens (tertiary/aromatic N) is 3. The Kier molecular flexibility index (Phi) is 5.88. The molecule has 0 N–H and O–H groups in total. The number of fused-ring (bicyclic) bond motifs is 1. The van der Waals surface area contributed by atoms with Crippen molar-refractivity contribution in [3.63, 3.8) is 0 Å². The molecule has 0 spiro atoms. The predicted octanol–water partition coefficient (Wildman–Crippen LogP) is 6.22. The Morgan fingerprint density at radius 3 is 2.83 bits per heavy atom. The first-order valence-electron chi connectivity index (χ1n) is 9.58. The molecule has 30 heavy (non-hydrogen) atoms. The van der Waals surface area contributed by atoms with Gasteiger partial charge in [-0.15, -0.1) is 0 Å². The van der Waals surface area contributed by atoms with E-state index in [0.717, 1.165) is 22.0 Å². The van der Waals surface area contributed by atoms with E-state index in [2.05, 4.69) is 26.0 Å². The van der Waals surface area contributed by atoms with E-state index >= 15 is 0 Å². The van der Waals surface area contributed by atoms with E-state index in [0.29, 0.717) is 39.7 Å². The summed E-state index contributed by atoms with van der Waals surface area (Å²) in [6.45, 7) is 4.04. The number of furan rings is 1. The van der Waals surface area contributed by atoms with E-state index in [9.17, 15) is 4.79 Å². The van der Waals surface area contributed by atoms with Gasteiger partial charge in [-0.2, -0.15) is 9.78 Å². The molecule has 0 radical (unpaired) electrons. The van der Waals surface area contributed by atoms with Gasteiger partial charge in [-0.05, 0) is 61.4 Å². The highest BCUT2D eigenvalue weighted by molar-refractivity contribution is 9.10. The molecule has 2 heterocycles. The Balaban J connectivity index is 1.74. The zero-order valence-corrected chi connectivity index (χ0v) is 18.9. The molecule has 0 unspecified atom stereocenters. The number of halogens is 2. The quantitative estimate of drug-likeness (QED) is 0.316. The van der Waals surface area contributed by atoms with Crippen molar-refractivity contribution in [2.45, 2.75) is 26.7 Å². The smallest absolute Gasteiger partial charge is 0.282 e. The highest BCUT2D eigenvalue weighted by Gasteiger charge is 2.11. The molecule has 152 valence electrons. The molecule has 0 aliphatic rings. The lowest BCUT2D eigenvalue weighted by atomic mass is 10.1. The first-order valence-corrected chi connectivity index (χ1v) is 10.8. The zero-order valence-electron chi connectivity index (χ0n) is 16.5. The van der Waals surface area contributed by atoms with Gasteiger partial charge in [-0.3, -0.25) is 4.79 Å². The third-order valence-electron chi connectivity index (χ3n) is 4.74. The molecule has 0 aliphatic carbocycles. The van der Waals surface area contributed by atoms with Crippen LogP contribution >= 0.6 is 27.5 Å². The van der Waals surface area contributed by atoms with Crippen LogP contribution in [-0.4, -0.2) is 15.9 Å². The summed E-state index contributed by atoms with van der Waals surface area (Å²) >= 11 is 9.53. The van der Waals surface area contributed by atoms with Crippen LogP contribution in [-0.2, 0) is 6.42 Å². The summed E-state index contributed by atoms with van der Waals surface area (Å²) in [5.41, 5.74) is 2.43. The third kappa shape index (κ3) is 4.11. The summed E-state index contributed by atoms with van der Waals surface area (Å²) in [5, 5.41) is 5.56. The fourth-order valence-electron chi connectivity index (χ4n) is 3.24. The summed E-state index contributed by atoms with van der Waals surface area (Å²) in [4.78, 5) is 17.7. The predicted molar refractivity (Wildman–Crippen MR) is 125 cm³/mol. The highest BCUT2D eigenvalue weighted by Crippen LogP contribution is 2.28. The van der Waals surface area contributed by atoms with Crippen molar-refractivity contribution < 1.29 is 4.42 Å². The van der Waals surface area contributed by atoms with Crippen molar-refractivity contribution in [1.29, 1.82) is 0 Å². The minimum atomic E-state index is -0.210. The maximum Gasteiger partial charge on any atom is 0.282 e. The molecule has 0 bridgehead atoms. The van der Waals surface area contributed by atoms with Crippen LogP contribution in [0.25, 0.3) is 22.2 Å². The molecule has 0 fully saturated rings. The number of aromatic nitrogens is 2. The van der Waals surface area contributed by atoms with E-state index in [1.807, 2.05) is 56.3 Å². The molecular weight excluding hydrogens is 466 g/mol. The first-order chi connectivity index (χ1) is 14.5. The van der Waals surface area contributed by atoms with Gasteiger partial charge in [-0.25, -0.2) is 4.98 Å². The molecule has 0 amide bonds. The van der Waals surface area contributed by atoms with E-state index in [1.165, 1.54) is 10.9 Å². The largest absolute Gasteiger partial charge is 0.455 e. The molecule has 0 atom stereocenters. The van der Waals surface area contributed by atoms with Gasteiger partial charge in [0, 0.05) is 21.5 Å². The average Bonchev–Trinajstić information content (AvgIpc) is 3.19. The summed E-state index contributed by atoms with van der Waals surface area (Å²) in [5.74, 6) is 1.84. The molecule has 4 rings (SSSR count). The third-order valence-corrected chi connectivity index (χ3v) is 5.47. The molecular formula is C23H19BrClN3O2. The van der Waals surface area contributed by atoms with Gasteiger partial charge in [0.1, 0.15) is 17.3 Å². The molecule has 4 aromatic rings. The number of hydrogen-bond acceptors (Lipinski definition) is 4. The monoisotopic (exact) mass is 483 g/mol. The summed E-state index contributed by atoms with van der Waals surface area (Å²) in [6, 6.07) is 14.8. The van der Waals surface area contributed by atoms with E-state index in [1.54, 1.807) is 6.07 Å². The van der Waals surface area contributed by atoms with Gasteiger partial charge in [0.2, 0.25) is 0 Å². The van der Waals surface area contributed by atoms with Gasteiger partial charge >= 0.3 is 0 Å². The lowest BCUT2D eigenvalue weighted by Crippen LogP contribution is -2.22. The number of rotatable bonds is 5. The normalized spacial score (nSPS) is 11.6. The maximum absolute atomic E-state index is 13.0. The van der Waals surface area contributed by atoms with Crippen molar-refractivity contribution in [2.75, 3.05) is 0 Å². The maximum atomic E-state index is 13.0. The lowest BCUT2D eigenvalue weighted by Gasteiger charge is -2.08. The van der Waals surface area contributed by atoms with Crippen LogP contribution in [0.15, 0.2) is 67.3 Å². The Hall–Kier alpha value is -2.70. The van der Waals surface area contributed by atoms with Gasteiger partial charge in [0.15, 0.2) is 0 Å². The summed E-state index contributed by atoms with van der Waals surface area (Å²) in [7, 11) is 0. The van der Waals surface area contributed by atoms with Crippen molar-refractivity contribution >= 4 is 44.6 Å². The van der Waals surface area contributed by atoms with Crippen LogP contribution < -0.4 is 5.56 Å². The van der Waals surface area contributed by atoms with Crippen LogP contribution in [0.2, 0.25) is 5.02 Å². The fraction of sp³-hybridized carbons (Fsp3) is 0.174. The Bertz CT molecular complexity index is 1320. The molecule has 0 saturated heterocycles. The zero-order chi connectivity index (χ0) is 21.3. The summed E-state index contributed by atoms with van der Waals surface area (Å²) in [6.07, 6.45) is 3.03. The second-order valence-electron chi connectivity index (χ2n) is 6.96. The number of benzene rings is 2. The second-order valence-corrected chi connectivity index (χ2v) is 8.31. The molecule has 2 aromatic heterocycles. The minimum absolute atomic E-state index is 0.210. The van der Waals surface area contributed by atoms with Crippen LogP contribution in [0.1, 0.15) is 30.5 Å². The van der Waals surface area contributed by atoms with E-state index < -0.39 is 0 Å². The van der Waals surface area contributed by atoms with Crippen molar-refractivity contribution in [3.8, 4) is 11.3 Å². The average molecular weight is 485 g/mol. The molecule has 7 heteroatoms. The van der Waals surface area contributed by atoms with Crippen molar-refractivity contribution in [2.24, 2.45) is 5.10 Å². The SMILES string of the molecule is CCCc1nc2ccc(Br)cc2c(=O)n1N=Cc1ccc(-c2cc(Cl)ccc2C)o1. The Morgan fingerprint density at radius 1 is 1.20 bits per heavy atom. The lowest BCUT2D eigenvalue weighted by molar-refractivity contribution is 0.573. The van der Waals surface area contributed by atoms with E-state index in [4.69, 9.17) is 16.0 Å². The molecule has 0 aliphatic heterocycles. The van der Waals surface area contributed by atoms with Gasteiger partial charge in [0.25, 0.3) is 5.56 Å². The molecule has 5 nitrogen and oxygen atoms in total. The Labute approximate surface area is 187 Å². The molecule has 0 saturated carbocycles. The van der Waals surface area contributed by atoms with Crippen LogP contribution in [0.5, 0.6) is 0 Å². The first kappa shape index (κ1) is 20.6.